The molecule has 0 unspecified atom stereocenters. The standard InChI is InChI=1S/C4H6O2.C3H4N2/c5-4(6)3-1-2-3;1-2-5-3-4-1/h3H,1-2H2,(H,5,6);1-3H,(H,4,5). The summed E-state index contributed by atoms with van der Waals surface area (Å²) in [4.78, 5) is 16.2. The third-order valence-corrected chi connectivity index (χ3v) is 1.33. The number of H-pyrrole nitrogens is 1. The molecule has 1 aromatic rings. The summed E-state index contributed by atoms with van der Waals surface area (Å²) < 4.78 is 0. The van der Waals surface area contributed by atoms with Crippen LogP contribution in [0.4, 0.5) is 0 Å². The molecule has 0 atom stereocenters. The summed E-state index contributed by atoms with van der Waals surface area (Å²) in [6, 6.07) is 0. The molecule has 4 nitrogen and oxygen atoms in total. The minimum Gasteiger partial charge on any atom is -0.481 e. The zero-order chi connectivity index (χ0) is 8.10. The van der Waals surface area contributed by atoms with Crippen molar-refractivity contribution in [2.75, 3.05) is 0 Å². The Balaban J connectivity index is 0.000000112. The van der Waals surface area contributed by atoms with E-state index < -0.39 is 5.97 Å². The number of hydrogen-bond acceptors (Lipinski definition) is 2. The van der Waals surface area contributed by atoms with Gasteiger partial charge in [-0.1, -0.05) is 0 Å². The van der Waals surface area contributed by atoms with E-state index in [1.54, 1.807) is 18.7 Å². The first-order valence-electron chi connectivity index (χ1n) is 3.46. The number of rotatable bonds is 1. The van der Waals surface area contributed by atoms with E-state index in [1.807, 2.05) is 0 Å². The van der Waals surface area contributed by atoms with Crippen LogP contribution in [0, 0.1) is 5.92 Å². The van der Waals surface area contributed by atoms with Crippen LogP contribution in [-0.4, -0.2) is 21.0 Å². The first-order valence-corrected chi connectivity index (χ1v) is 3.46. The molecule has 0 saturated heterocycles. The molecule has 0 aromatic carbocycles. The molecule has 0 aliphatic heterocycles. The quantitative estimate of drug-likeness (QED) is 0.631. The average molecular weight is 154 g/mol. The van der Waals surface area contributed by atoms with Crippen molar-refractivity contribution in [3.63, 3.8) is 0 Å². The minimum atomic E-state index is -0.630. The third kappa shape index (κ3) is 3.40. The van der Waals surface area contributed by atoms with Crippen molar-refractivity contribution in [1.82, 2.24) is 9.97 Å². The highest BCUT2D eigenvalue weighted by atomic mass is 16.4. The average Bonchev–Trinajstić information content (AvgIpc) is 2.66. The van der Waals surface area contributed by atoms with Crippen LogP contribution in [0.15, 0.2) is 18.7 Å². The molecular weight excluding hydrogens is 144 g/mol. The van der Waals surface area contributed by atoms with Crippen LogP contribution in [0.25, 0.3) is 0 Å². The molecule has 4 heteroatoms. The highest BCUT2D eigenvalue weighted by Crippen LogP contribution is 2.28. The fourth-order valence-electron chi connectivity index (χ4n) is 0.545. The van der Waals surface area contributed by atoms with E-state index in [9.17, 15) is 4.79 Å². The summed E-state index contributed by atoms with van der Waals surface area (Å²) in [5, 5.41) is 8.05. The second-order valence-electron chi connectivity index (χ2n) is 2.37. The third-order valence-electron chi connectivity index (χ3n) is 1.33. The number of carboxylic acids is 1. The normalized spacial score (nSPS) is 14.9. The van der Waals surface area contributed by atoms with E-state index in [0.717, 1.165) is 12.8 Å². The van der Waals surface area contributed by atoms with E-state index in [0.29, 0.717) is 0 Å². The van der Waals surface area contributed by atoms with Crippen molar-refractivity contribution in [3.05, 3.63) is 18.7 Å². The van der Waals surface area contributed by atoms with Crippen LogP contribution in [0.5, 0.6) is 0 Å². The topological polar surface area (TPSA) is 66.0 Å². The van der Waals surface area contributed by atoms with Gasteiger partial charge in [-0.05, 0) is 12.8 Å². The van der Waals surface area contributed by atoms with E-state index in [-0.39, 0.29) is 5.92 Å². The fourth-order valence-corrected chi connectivity index (χ4v) is 0.545. The van der Waals surface area contributed by atoms with Crippen molar-refractivity contribution in [2.45, 2.75) is 12.8 Å². The molecule has 0 spiro atoms. The highest BCUT2D eigenvalue weighted by molar-refractivity contribution is 5.72. The van der Waals surface area contributed by atoms with Gasteiger partial charge in [0.1, 0.15) is 0 Å². The number of imidazole rings is 1. The van der Waals surface area contributed by atoms with E-state index in [4.69, 9.17) is 5.11 Å². The molecule has 0 radical (unpaired) electrons. The second-order valence-corrected chi connectivity index (χ2v) is 2.37. The first kappa shape index (κ1) is 7.78. The summed E-state index contributed by atoms with van der Waals surface area (Å²) in [7, 11) is 0. The molecule has 0 amide bonds. The minimum absolute atomic E-state index is 0.0185. The van der Waals surface area contributed by atoms with Crippen molar-refractivity contribution >= 4 is 5.97 Å². The van der Waals surface area contributed by atoms with Crippen LogP contribution in [-0.2, 0) is 4.79 Å². The lowest BCUT2D eigenvalue weighted by atomic mass is 10.5. The molecule has 1 aromatic heterocycles. The molecule has 1 aliphatic rings. The van der Waals surface area contributed by atoms with Crippen molar-refractivity contribution in [1.29, 1.82) is 0 Å². The zero-order valence-electron chi connectivity index (χ0n) is 6.03. The lowest BCUT2D eigenvalue weighted by molar-refractivity contribution is -0.138. The Morgan fingerprint density at radius 3 is 2.45 bits per heavy atom. The summed E-state index contributed by atoms with van der Waals surface area (Å²) >= 11 is 0. The van der Waals surface area contributed by atoms with Gasteiger partial charge in [0.15, 0.2) is 0 Å². The molecule has 11 heavy (non-hydrogen) atoms. The molecule has 0 bridgehead atoms. The van der Waals surface area contributed by atoms with Gasteiger partial charge in [0, 0.05) is 12.4 Å². The lowest BCUT2D eigenvalue weighted by Gasteiger charge is -1.75. The van der Waals surface area contributed by atoms with E-state index in [1.165, 1.54) is 0 Å². The maximum atomic E-state index is 9.76. The van der Waals surface area contributed by atoms with Gasteiger partial charge in [0.05, 0.1) is 12.2 Å². The molecule has 1 heterocycles. The van der Waals surface area contributed by atoms with Crippen LogP contribution in [0.2, 0.25) is 0 Å². The van der Waals surface area contributed by atoms with Crippen molar-refractivity contribution < 1.29 is 9.90 Å². The van der Waals surface area contributed by atoms with Gasteiger partial charge >= 0.3 is 5.97 Å². The maximum Gasteiger partial charge on any atom is 0.306 e. The lowest BCUT2D eigenvalue weighted by Crippen LogP contribution is -1.94. The number of hydrogen-bond donors (Lipinski definition) is 2. The first-order chi connectivity index (χ1) is 5.30. The predicted molar refractivity (Wildman–Crippen MR) is 38.9 cm³/mol. The number of aromatic amines is 1. The van der Waals surface area contributed by atoms with Gasteiger partial charge in [-0.3, -0.25) is 4.79 Å². The SMILES string of the molecule is O=C(O)C1CC1.c1c[nH]cn1. The molecule has 1 saturated carbocycles. The molecule has 60 valence electrons. The van der Waals surface area contributed by atoms with Gasteiger partial charge < -0.3 is 10.1 Å². The van der Waals surface area contributed by atoms with Crippen LogP contribution >= 0.6 is 0 Å². The van der Waals surface area contributed by atoms with E-state index >= 15 is 0 Å². The Kier molecular flexibility index (Phi) is 2.66. The number of carbonyl (C=O) groups is 1. The Morgan fingerprint density at radius 2 is 2.36 bits per heavy atom. The Bertz CT molecular complexity index is 187. The Labute approximate surface area is 64.3 Å². The van der Waals surface area contributed by atoms with Crippen molar-refractivity contribution in [3.8, 4) is 0 Å². The van der Waals surface area contributed by atoms with Gasteiger partial charge in [-0.25, -0.2) is 4.98 Å². The highest BCUT2D eigenvalue weighted by Gasteiger charge is 2.28. The number of aliphatic carboxylic acids is 1. The number of aromatic nitrogens is 2. The molecule has 1 aliphatic carbocycles. The molecule has 1 fully saturated rings. The van der Waals surface area contributed by atoms with Crippen LogP contribution < -0.4 is 0 Å². The predicted octanol–water partition coefficient (Wildman–Crippen LogP) is 0.891. The summed E-state index contributed by atoms with van der Waals surface area (Å²) in [5.41, 5.74) is 0. The van der Waals surface area contributed by atoms with Crippen molar-refractivity contribution in [2.24, 2.45) is 5.92 Å². The summed E-state index contributed by atoms with van der Waals surface area (Å²) in [5.74, 6) is -0.611. The molecular formula is C7H10N2O2. The van der Waals surface area contributed by atoms with E-state index in [2.05, 4.69) is 9.97 Å². The number of nitrogens with zero attached hydrogens (tertiary/aromatic N) is 1. The number of carboxylic acid groups (broad SMARTS) is 1. The Hall–Kier alpha value is -1.32. The largest absolute Gasteiger partial charge is 0.481 e. The second kappa shape index (κ2) is 3.75. The molecule has 2 rings (SSSR count). The van der Waals surface area contributed by atoms with Gasteiger partial charge in [-0.2, -0.15) is 0 Å². The zero-order valence-corrected chi connectivity index (χ0v) is 6.03. The summed E-state index contributed by atoms with van der Waals surface area (Å²) in [6.07, 6.45) is 6.88. The van der Waals surface area contributed by atoms with Crippen LogP contribution in [0.1, 0.15) is 12.8 Å². The fraction of sp³-hybridized carbons (Fsp3) is 0.429. The smallest absolute Gasteiger partial charge is 0.306 e. The molecule has 2 N–H and O–H groups in total. The van der Waals surface area contributed by atoms with Crippen LogP contribution in [0.3, 0.4) is 0 Å². The Morgan fingerprint density at radius 1 is 1.64 bits per heavy atom. The number of nitrogens with one attached hydrogen (secondary N) is 1. The monoisotopic (exact) mass is 154 g/mol. The summed E-state index contributed by atoms with van der Waals surface area (Å²) in [6.45, 7) is 0. The van der Waals surface area contributed by atoms with Gasteiger partial charge in [0.25, 0.3) is 0 Å². The van der Waals surface area contributed by atoms with Gasteiger partial charge in [-0.15, -0.1) is 0 Å². The van der Waals surface area contributed by atoms with Gasteiger partial charge in [0.2, 0.25) is 0 Å². The maximum absolute atomic E-state index is 9.76.